The molecule has 4 rings (SSSR count). The molecule has 0 atom stereocenters. The number of nitrogens with one attached hydrogen (secondary N) is 2. The van der Waals surface area contributed by atoms with Crippen LogP contribution in [-0.4, -0.2) is 35.1 Å². The lowest BCUT2D eigenvalue weighted by Crippen LogP contribution is -2.25. The van der Waals surface area contributed by atoms with Gasteiger partial charge in [-0.1, -0.05) is 18.2 Å². The normalized spacial score (nSPS) is 13.9. The van der Waals surface area contributed by atoms with E-state index in [-0.39, 0.29) is 22.8 Å². The minimum atomic E-state index is -3.87. The molecule has 1 heterocycles. The van der Waals surface area contributed by atoms with Crippen molar-refractivity contribution in [2.75, 3.05) is 4.72 Å². The van der Waals surface area contributed by atoms with Crippen LogP contribution < -0.4 is 10.0 Å². The second-order valence-electron chi connectivity index (χ2n) is 6.61. The number of hydrogen-bond acceptors (Lipinski definition) is 5. The van der Waals surface area contributed by atoms with E-state index < -0.39 is 10.0 Å². The first-order valence-electron chi connectivity index (χ1n) is 8.85. The largest absolute Gasteiger partial charge is 0.349 e. The minimum Gasteiger partial charge on any atom is -0.349 e. The summed E-state index contributed by atoms with van der Waals surface area (Å²) in [6.07, 6.45) is 1.98. The topological polar surface area (TPSA) is 106 Å². The third-order valence-electron chi connectivity index (χ3n) is 4.33. The zero-order chi connectivity index (χ0) is 19.7. The Kier molecular flexibility index (Phi) is 4.60. The number of rotatable bonds is 6. The van der Waals surface area contributed by atoms with Gasteiger partial charge in [0.25, 0.3) is 21.9 Å². The molecule has 1 saturated carbocycles. The highest BCUT2D eigenvalue weighted by Crippen LogP contribution is 2.20. The second kappa shape index (κ2) is 7.08. The number of carbonyl (C=O) groups excluding carboxylic acids is 1. The van der Waals surface area contributed by atoms with Crippen molar-refractivity contribution in [2.45, 2.75) is 30.7 Å². The standard InChI is InChI=1S/C19H19N5O3S/c1-13-20-19(22-24(13)16-5-3-2-4-6-16)23-28(26,27)17-11-7-14(8-12-17)18(25)21-15-9-10-15/h2-8,11-12,15H,9-10H2,1H3,(H,21,25)(H,22,23). The summed E-state index contributed by atoms with van der Waals surface area (Å²) in [4.78, 5) is 16.2. The molecular formula is C19H19N5O3S. The Morgan fingerprint density at radius 3 is 2.39 bits per heavy atom. The number of para-hydroxylation sites is 1. The van der Waals surface area contributed by atoms with E-state index in [1.54, 1.807) is 11.6 Å². The number of aryl methyl sites for hydroxylation is 1. The van der Waals surface area contributed by atoms with Gasteiger partial charge in [-0.15, -0.1) is 5.10 Å². The van der Waals surface area contributed by atoms with Crippen LogP contribution in [0.2, 0.25) is 0 Å². The number of nitrogens with zero attached hydrogens (tertiary/aromatic N) is 3. The van der Waals surface area contributed by atoms with Gasteiger partial charge < -0.3 is 5.32 Å². The molecule has 1 fully saturated rings. The summed E-state index contributed by atoms with van der Waals surface area (Å²) in [7, 11) is -3.87. The monoisotopic (exact) mass is 397 g/mol. The molecule has 1 amide bonds. The number of aromatic nitrogens is 3. The van der Waals surface area contributed by atoms with E-state index >= 15 is 0 Å². The third kappa shape index (κ3) is 3.89. The fourth-order valence-corrected chi connectivity index (χ4v) is 3.65. The van der Waals surface area contributed by atoms with Crippen molar-refractivity contribution < 1.29 is 13.2 Å². The van der Waals surface area contributed by atoms with Crippen LogP contribution in [0.5, 0.6) is 0 Å². The molecule has 0 spiro atoms. The summed E-state index contributed by atoms with van der Waals surface area (Å²) in [5, 5.41) is 7.09. The average Bonchev–Trinajstić information content (AvgIpc) is 3.43. The van der Waals surface area contributed by atoms with Crippen LogP contribution in [0.1, 0.15) is 29.0 Å². The maximum atomic E-state index is 12.6. The van der Waals surface area contributed by atoms with Gasteiger partial charge in [0.15, 0.2) is 0 Å². The molecular weight excluding hydrogens is 378 g/mol. The van der Waals surface area contributed by atoms with Gasteiger partial charge in [-0.25, -0.2) is 17.8 Å². The van der Waals surface area contributed by atoms with Gasteiger partial charge in [0, 0.05) is 11.6 Å². The van der Waals surface area contributed by atoms with Crippen LogP contribution in [0.4, 0.5) is 5.95 Å². The summed E-state index contributed by atoms with van der Waals surface area (Å²) in [6, 6.07) is 15.3. The highest BCUT2D eigenvalue weighted by molar-refractivity contribution is 7.92. The third-order valence-corrected chi connectivity index (χ3v) is 5.68. The summed E-state index contributed by atoms with van der Waals surface area (Å²) in [5.41, 5.74) is 1.21. The average molecular weight is 397 g/mol. The highest BCUT2D eigenvalue weighted by atomic mass is 32.2. The van der Waals surface area contributed by atoms with Gasteiger partial charge in [0.2, 0.25) is 0 Å². The zero-order valence-corrected chi connectivity index (χ0v) is 16.0. The van der Waals surface area contributed by atoms with Crippen LogP contribution in [0.25, 0.3) is 5.69 Å². The van der Waals surface area contributed by atoms with Crippen molar-refractivity contribution in [3.63, 3.8) is 0 Å². The van der Waals surface area contributed by atoms with Crippen LogP contribution in [-0.2, 0) is 10.0 Å². The number of hydrogen-bond donors (Lipinski definition) is 2. The lowest BCUT2D eigenvalue weighted by atomic mass is 10.2. The van der Waals surface area contributed by atoms with Gasteiger partial charge >= 0.3 is 0 Å². The molecule has 1 aliphatic carbocycles. The molecule has 1 aliphatic rings. The van der Waals surface area contributed by atoms with Crippen molar-refractivity contribution in [1.29, 1.82) is 0 Å². The summed E-state index contributed by atoms with van der Waals surface area (Å²) < 4.78 is 29.2. The summed E-state index contributed by atoms with van der Waals surface area (Å²) in [5.74, 6) is 0.339. The number of benzene rings is 2. The second-order valence-corrected chi connectivity index (χ2v) is 8.29. The fraction of sp³-hybridized carbons (Fsp3) is 0.211. The molecule has 3 aromatic rings. The van der Waals surface area contributed by atoms with E-state index in [0.29, 0.717) is 11.4 Å². The number of amides is 1. The van der Waals surface area contributed by atoms with Gasteiger partial charge in [-0.2, -0.15) is 4.98 Å². The maximum absolute atomic E-state index is 12.6. The van der Waals surface area contributed by atoms with Crippen molar-refractivity contribution in [2.24, 2.45) is 0 Å². The molecule has 2 aromatic carbocycles. The van der Waals surface area contributed by atoms with Crippen LogP contribution >= 0.6 is 0 Å². The molecule has 8 nitrogen and oxygen atoms in total. The Morgan fingerprint density at radius 1 is 1.07 bits per heavy atom. The summed E-state index contributed by atoms with van der Waals surface area (Å²) >= 11 is 0. The minimum absolute atomic E-state index is 0.0168. The molecule has 2 N–H and O–H groups in total. The number of anilines is 1. The Morgan fingerprint density at radius 2 is 1.75 bits per heavy atom. The highest BCUT2D eigenvalue weighted by Gasteiger charge is 2.24. The van der Waals surface area contributed by atoms with Crippen molar-refractivity contribution in [1.82, 2.24) is 20.1 Å². The zero-order valence-electron chi connectivity index (χ0n) is 15.2. The van der Waals surface area contributed by atoms with Gasteiger partial charge in [0.1, 0.15) is 5.82 Å². The Balaban J connectivity index is 1.52. The van der Waals surface area contributed by atoms with Crippen LogP contribution in [0, 0.1) is 6.92 Å². The Labute approximate surface area is 162 Å². The molecule has 0 radical (unpaired) electrons. The quantitative estimate of drug-likeness (QED) is 0.664. The van der Waals surface area contributed by atoms with Gasteiger partial charge in [-0.05, 0) is 56.2 Å². The molecule has 0 bridgehead atoms. The molecule has 0 saturated heterocycles. The molecule has 1 aromatic heterocycles. The van der Waals surface area contributed by atoms with Crippen molar-refractivity contribution in [3.05, 3.63) is 66.0 Å². The number of carbonyl (C=O) groups is 1. The Bertz CT molecular complexity index is 1100. The smallest absolute Gasteiger partial charge is 0.264 e. The van der Waals surface area contributed by atoms with Crippen molar-refractivity contribution >= 4 is 21.9 Å². The van der Waals surface area contributed by atoms with Crippen LogP contribution in [0.15, 0.2) is 59.5 Å². The van der Waals surface area contributed by atoms with E-state index in [0.717, 1.165) is 18.5 Å². The lowest BCUT2D eigenvalue weighted by Gasteiger charge is -2.07. The molecule has 28 heavy (non-hydrogen) atoms. The maximum Gasteiger partial charge on any atom is 0.264 e. The van der Waals surface area contributed by atoms with E-state index in [4.69, 9.17) is 0 Å². The van der Waals surface area contributed by atoms with Crippen LogP contribution in [0.3, 0.4) is 0 Å². The Hall–Kier alpha value is -3.20. The fourth-order valence-electron chi connectivity index (χ4n) is 2.71. The lowest BCUT2D eigenvalue weighted by molar-refractivity contribution is 0.0951. The molecule has 144 valence electrons. The van der Waals surface area contributed by atoms with E-state index in [9.17, 15) is 13.2 Å². The SMILES string of the molecule is Cc1nc(NS(=O)(=O)c2ccc(C(=O)NC3CC3)cc2)nn1-c1ccccc1. The van der Waals surface area contributed by atoms with Crippen molar-refractivity contribution in [3.8, 4) is 5.69 Å². The van der Waals surface area contributed by atoms with Gasteiger partial charge in [-0.3, -0.25) is 4.79 Å². The van der Waals surface area contributed by atoms with E-state index in [2.05, 4.69) is 20.1 Å². The predicted octanol–water partition coefficient (Wildman–Crippen LogP) is 2.27. The van der Waals surface area contributed by atoms with E-state index in [1.807, 2.05) is 30.3 Å². The van der Waals surface area contributed by atoms with Gasteiger partial charge in [0.05, 0.1) is 10.6 Å². The first kappa shape index (κ1) is 18.2. The first-order chi connectivity index (χ1) is 13.4. The molecule has 0 unspecified atom stereocenters. The first-order valence-corrected chi connectivity index (χ1v) is 10.3. The predicted molar refractivity (Wildman–Crippen MR) is 104 cm³/mol. The summed E-state index contributed by atoms with van der Waals surface area (Å²) in [6.45, 7) is 1.74. The molecule has 9 heteroatoms. The molecule has 0 aliphatic heterocycles. The number of sulfonamides is 1. The van der Waals surface area contributed by atoms with E-state index in [1.165, 1.54) is 24.3 Å².